The summed E-state index contributed by atoms with van der Waals surface area (Å²) in [6.45, 7) is 1.33. The van der Waals surface area contributed by atoms with E-state index in [2.05, 4.69) is 0 Å². The molecule has 2 amide bonds. The van der Waals surface area contributed by atoms with Crippen molar-refractivity contribution in [3.8, 4) is 0 Å². The summed E-state index contributed by atoms with van der Waals surface area (Å²) in [6.07, 6.45) is -0.824. The lowest BCUT2D eigenvalue weighted by Crippen LogP contribution is -2.34. The molecule has 0 aliphatic heterocycles. The molecule has 2 heterocycles. The molecule has 0 radical (unpaired) electrons. The fraction of sp³-hybridized carbons (Fsp3) is 0.333. The van der Waals surface area contributed by atoms with Gasteiger partial charge in [0, 0.05) is 29.8 Å². The second-order valence-corrected chi connectivity index (χ2v) is 6.93. The Morgan fingerprint density at radius 3 is 2.05 bits per heavy atom. The summed E-state index contributed by atoms with van der Waals surface area (Å²) in [4.78, 5) is 28.4. The van der Waals surface area contributed by atoms with E-state index < -0.39 is 6.09 Å². The second-order valence-electron chi connectivity index (χ2n) is 4.86. The Morgan fingerprint density at radius 1 is 1.09 bits per heavy atom. The maximum absolute atomic E-state index is 12.4. The van der Waals surface area contributed by atoms with Gasteiger partial charge in [0.1, 0.15) is 0 Å². The summed E-state index contributed by atoms with van der Waals surface area (Å²) in [5.74, 6) is -0.0325. The van der Waals surface area contributed by atoms with E-state index in [1.165, 1.54) is 7.05 Å². The van der Waals surface area contributed by atoms with E-state index in [1.807, 2.05) is 35.0 Å². The van der Waals surface area contributed by atoms with Crippen molar-refractivity contribution >= 4 is 34.7 Å². The zero-order chi connectivity index (χ0) is 15.9. The molecule has 2 rings (SSSR count). The van der Waals surface area contributed by atoms with E-state index in [0.717, 1.165) is 14.7 Å². The van der Waals surface area contributed by atoms with Crippen LogP contribution in [-0.2, 0) is 17.9 Å². The molecular weight excluding hydrogens is 320 g/mol. The fourth-order valence-corrected chi connectivity index (χ4v) is 3.37. The van der Waals surface area contributed by atoms with Crippen molar-refractivity contribution in [3.05, 3.63) is 44.8 Å². The van der Waals surface area contributed by atoms with E-state index in [9.17, 15) is 9.59 Å². The number of rotatable bonds is 7. The van der Waals surface area contributed by atoms with E-state index >= 15 is 0 Å². The van der Waals surface area contributed by atoms with E-state index in [-0.39, 0.29) is 18.9 Å². The third kappa shape index (κ3) is 4.85. The smallest absolute Gasteiger partial charge is 0.407 e. The van der Waals surface area contributed by atoms with Gasteiger partial charge in [-0.25, -0.2) is 4.79 Å². The summed E-state index contributed by atoms with van der Waals surface area (Å²) < 4.78 is 0. The summed E-state index contributed by atoms with van der Waals surface area (Å²) in [7, 11) is 1.47. The molecule has 5 nitrogen and oxygen atoms in total. The molecule has 0 aromatic carbocycles. The van der Waals surface area contributed by atoms with Gasteiger partial charge in [-0.3, -0.25) is 4.79 Å². The lowest BCUT2D eigenvalue weighted by molar-refractivity contribution is -0.132. The van der Waals surface area contributed by atoms with E-state index in [1.54, 1.807) is 27.6 Å². The Balaban J connectivity index is 1.99. The molecule has 22 heavy (non-hydrogen) atoms. The first-order valence-electron chi connectivity index (χ1n) is 6.83. The van der Waals surface area contributed by atoms with Gasteiger partial charge < -0.3 is 14.9 Å². The van der Waals surface area contributed by atoms with Crippen molar-refractivity contribution in [2.24, 2.45) is 0 Å². The van der Waals surface area contributed by atoms with Gasteiger partial charge in [-0.05, 0) is 22.9 Å². The molecule has 7 heteroatoms. The minimum Gasteiger partial charge on any atom is -0.465 e. The zero-order valence-electron chi connectivity index (χ0n) is 12.3. The number of nitrogens with zero attached hydrogens (tertiary/aromatic N) is 2. The van der Waals surface area contributed by atoms with E-state index in [4.69, 9.17) is 5.11 Å². The van der Waals surface area contributed by atoms with Gasteiger partial charge in [0.15, 0.2) is 0 Å². The first-order valence-corrected chi connectivity index (χ1v) is 8.59. The Bertz CT molecular complexity index is 560. The third-order valence-corrected chi connectivity index (χ3v) is 4.92. The molecule has 2 aromatic heterocycles. The van der Waals surface area contributed by atoms with Crippen molar-refractivity contribution in [1.82, 2.24) is 9.80 Å². The van der Waals surface area contributed by atoms with Crippen LogP contribution >= 0.6 is 22.7 Å². The van der Waals surface area contributed by atoms with Gasteiger partial charge >= 0.3 is 6.09 Å². The molecule has 0 fully saturated rings. The average molecular weight is 338 g/mol. The lowest BCUT2D eigenvalue weighted by Gasteiger charge is -2.23. The van der Waals surface area contributed by atoms with Gasteiger partial charge in [0.2, 0.25) is 5.91 Å². The Labute approximate surface area is 137 Å². The minimum absolute atomic E-state index is 0.0325. The van der Waals surface area contributed by atoms with Gasteiger partial charge in [-0.1, -0.05) is 12.1 Å². The van der Waals surface area contributed by atoms with Gasteiger partial charge in [-0.2, -0.15) is 0 Å². The first kappa shape index (κ1) is 16.5. The van der Waals surface area contributed by atoms with Crippen LogP contribution in [0.2, 0.25) is 0 Å². The van der Waals surface area contributed by atoms with Crippen LogP contribution in [0.15, 0.2) is 35.0 Å². The molecular formula is C15H18N2O3S2. The highest BCUT2D eigenvalue weighted by Gasteiger charge is 2.17. The second kappa shape index (κ2) is 7.95. The molecule has 0 aliphatic rings. The molecule has 2 aromatic rings. The SMILES string of the molecule is CN(CCC(=O)N(Cc1cccs1)Cc1cccs1)C(=O)O. The number of thiophene rings is 2. The zero-order valence-corrected chi connectivity index (χ0v) is 13.9. The van der Waals surface area contributed by atoms with Crippen LogP contribution in [0, 0.1) is 0 Å². The molecule has 0 saturated carbocycles. The van der Waals surface area contributed by atoms with Crippen molar-refractivity contribution in [2.45, 2.75) is 19.5 Å². The highest BCUT2D eigenvalue weighted by Crippen LogP contribution is 2.18. The van der Waals surface area contributed by atoms with Crippen LogP contribution in [-0.4, -0.2) is 40.5 Å². The summed E-state index contributed by atoms with van der Waals surface area (Å²) in [6, 6.07) is 7.93. The predicted molar refractivity (Wildman–Crippen MR) is 88.2 cm³/mol. The molecule has 1 N–H and O–H groups in total. The number of amides is 2. The van der Waals surface area contributed by atoms with Crippen molar-refractivity contribution in [2.75, 3.05) is 13.6 Å². The van der Waals surface area contributed by atoms with E-state index in [0.29, 0.717) is 13.1 Å². The van der Waals surface area contributed by atoms with Gasteiger partial charge in [0.05, 0.1) is 13.1 Å². The maximum atomic E-state index is 12.4. The Hall–Kier alpha value is -1.86. The molecule has 0 saturated heterocycles. The third-order valence-electron chi connectivity index (χ3n) is 3.19. The standard InChI is InChI=1S/C15H18N2O3S2/c1-16(15(19)20)7-6-14(18)17(10-12-4-2-8-21-12)11-13-5-3-9-22-13/h2-5,8-9H,6-7,10-11H2,1H3,(H,19,20). The number of hydrogen-bond acceptors (Lipinski definition) is 4. The molecule has 118 valence electrons. The molecule has 0 atom stereocenters. The average Bonchev–Trinajstić information content (AvgIpc) is 3.17. The summed E-state index contributed by atoms with van der Waals surface area (Å²) in [5, 5.41) is 12.8. The van der Waals surface area contributed by atoms with Crippen molar-refractivity contribution < 1.29 is 14.7 Å². The number of hydrogen-bond donors (Lipinski definition) is 1. The summed E-state index contributed by atoms with van der Waals surface area (Å²) >= 11 is 3.23. The highest BCUT2D eigenvalue weighted by atomic mass is 32.1. The Morgan fingerprint density at radius 2 is 1.64 bits per heavy atom. The first-order chi connectivity index (χ1) is 10.6. The number of carboxylic acid groups (broad SMARTS) is 1. The number of carbonyl (C=O) groups is 2. The summed E-state index contributed by atoms with van der Waals surface area (Å²) in [5.41, 5.74) is 0. The lowest BCUT2D eigenvalue weighted by atomic mass is 10.3. The van der Waals surface area contributed by atoms with Crippen molar-refractivity contribution in [3.63, 3.8) is 0 Å². The normalized spacial score (nSPS) is 10.4. The van der Waals surface area contributed by atoms with Crippen LogP contribution < -0.4 is 0 Å². The maximum Gasteiger partial charge on any atom is 0.407 e. The van der Waals surface area contributed by atoms with Gasteiger partial charge in [-0.15, -0.1) is 22.7 Å². The quantitative estimate of drug-likeness (QED) is 0.842. The van der Waals surface area contributed by atoms with Crippen LogP contribution in [0.5, 0.6) is 0 Å². The van der Waals surface area contributed by atoms with Crippen LogP contribution in [0.25, 0.3) is 0 Å². The predicted octanol–water partition coefficient (Wildman–Crippen LogP) is 3.34. The fourth-order valence-electron chi connectivity index (χ4n) is 1.93. The van der Waals surface area contributed by atoms with Crippen LogP contribution in [0.1, 0.15) is 16.2 Å². The largest absolute Gasteiger partial charge is 0.465 e. The molecule has 0 aliphatic carbocycles. The molecule has 0 unspecified atom stereocenters. The number of carbonyl (C=O) groups excluding carboxylic acids is 1. The highest BCUT2D eigenvalue weighted by molar-refractivity contribution is 7.10. The molecule has 0 spiro atoms. The van der Waals surface area contributed by atoms with Crippen LogP contribution in [0.4, 0.5) is 4.79 Å². The Kier molecular flexibility index (Phi) is 5.97. The van der Waals surface area contributed by atoms with Crippen LogP contribution in [0.3, 0.4) is 0 Å². The topological polar surface area (TPSA) is 60.9 Å². The van der Waals surface area contributed by atoms with Crippen molar-refractivity contribution in [1.29, 1.82) is 0 Å². The van der Waals surface area contributed by atoms with Gasteiger partial charge in [0.25, 0.3) is 0 Å². The minimum atomic E-state index is -1.02. The monoisotopic (exact) mass is 338 g/mol. The molecule has 0 bridgehead atoms.